The van der Waals surface area contributed by atoms with Crippen molar-refractivity contribution in [1.82, 2.24) is 9.97 Å². The van der Waals surface area contributed by atoms with E-state index in [9.17, 15) is 4.39 Å². The van der Waals surface area contributed by atoms with Crippen molar-refractivity contribution in [3.05, 3.63) is 57.3 Å². The van der Waals surface area contributed by atoms with E-state index in [0.717, 1.165) is 26.8 Å². The highest BCUT2D eigenvalue weighted by Crippen LogP contribution is 2.35. The number of rotatable bonds is 6. The van der Waals surface area contributed by atoms with Gasteiger partial charge in [0, 0.05) is 22.4 Å². The highest BCUT2D eigenvalue weighted by atomic mass is 79.9. The molecular weight excluding hydrogens is 431 g/mol. The van der Waals surface area contributed by atoms with E-state index >= 15 is 0 Å². The molecule has 0 radical (unpaired) electrons. The number of nitrogens with zero attached hydrogens (tertiary/aromatic N) is 2. The molecule has 4 nitrogen and oxygen atoms in total. The molecule has 27 heavy (non-hydrogen) atoms. The van der Waals surface area contributed by atoms with E-state index in [0.29, 0.717) is 24.5 Å². The molecule has 0 amide bonds. The van der Waals surface area contributed by atoms with Gasteiger partial charge in [-0.05, 0) is 71.4 Å². The summed E-state index contributed by atoms with van der Waals surface area (Å²) in [6.07, 6.45) is 2.52. The summed E-state index contributed by atoms with van der Waals surface area (Å²) >= 11 is 9.44. The standard InChI is InChI=1S/C20H19BrClFN4/c1-11(13-6-7-13)25-19-14-3-2-4-15(21)18(14)26-20(27-19)24-10-12-5-8-17(23)16(22)9-12/h2-5,8-9,11,13H,6-7,10H2,1H3,(H2,24,25,26,27)/t11-/m1/s1. The third-order valence-corrected chi connectivity index (χ3v) is 5.74. The lowest BCUT2D eigenvalue weighted by atomic mass is 10.2. The van der Waals surface area contributed by atoms with Crippen LogP contribution in [-0.2, 0) is 6.54 Å². The topological polar surface area (TPSA) is 49.8 Å². The minimum Gasteiger partial charge on any atom is -0.367 e. The molecule has 1 heterocycles. The molecule has 0 bridgehead atoms. The lowest BCUT2D eigenvalue weighted by Crippen LogP contribution is -2.19. The zero-order valence-electron chi connectivity index (χ0n) is 14.8. The lowest BCUT2D eigenvalue weighted by Gasteiger charge is -2.17. The van der Waals surface area contributed by atoms with E-state index in [4.69, 9.17) is 11.6 Å². The highest BCUT2D eigenvalue weighted by molar-refractivity contribution is 9.10. The van der Waals surface area contributed by atoms with Gasteiger partial charge >= 0.3 is 0 Å². The Bertz CT molecular complexity index is 993. The molecule has 3 aromatic rings. The first-order valence-corrected chi connectivity index (χ1v) is 10.1. The van der Waals surface area contributed by atoms with E-state index in [-0.39, 0.29) is 5.02 Å². The molecule has 0 spiro atoms. The van der Waals surface area contributed by atoms with Gasteiger partial charge in [-0.2, -0.15) is 4.98 Å². The van der Waals surface area contributed by atoms with Gasteiger partial charge in [-0.3, -0.25) is 0 Å². The smallest absolute Gasteiger partial charge is 0.225 e. The summed E-state index contributed by atoms with van der Waals surface area (Å²) in [5.74, 6) is 1.62. The minimum absolute atomic E-state index is 0.108. The molecule has 7 heteroatoms. The molecule has 2 N–H and O–H groups in total. The third kappa shape index (κ3) is 4.17. The second-order valence-electron chi connectivity index (χ2n) is 6.90. The highest BCUT2D eigenvalue weighted by Gasteiger charge is 2.28. The number of hydrogen-bond donors (Lipinski definition) is 2. The number of aromatic nitrogens is 2. The van der Waals surface area contributed by atoms with Crippen molar-refractivity contribution in [2.75, 3.05) is 10.6 Å². The van der Waals surface area contributed by atoms with Crippen LogP contribution in [0.1, 0.15) is 25.3 Å². The summed E-state index contributed by atoms with van der Waals surface area (Å²) in [5.41, 5.74) is 1.70. The third-order valence-electron chi connectivity index (χ3n) is 4.81. The van der Waals surface area contributed by atoms with Gasteiger partial charge in [0.1, 0.15) is 11.6 Å². The average molecular weight is 450 g/mol. The molecule has 140 valence electrons. The summed E-state index contributed by atoms with van der Waals surface area (Å²) in [6, 6.07) is 11.0. The Morgan fingerprint density at radius 3 is 2.81 bits per heavy atom. The monoisotopic (exact) mass is 448 g/mol. The molecule has 1 aromatic heterocycles. The Morgan fingerprint density at radius 2 is 2.07 bits per heavy atom. The Morgan fingerprint density at radius 1 is 1.26 bits per heavy atom. The van der Waals surface area contributed by atoms with Crippen LogP contribution in [0.5, 0.6) is 0 Å². The first-order valence-electron chi connectivity index (χ1n) is 8.92. The van der Waals surface area contributed by atoms with Crippen molar-refractivity contribution in [2.24, 2.45) is 5.92 Å². The Balaban J connectivity index is 1.63. The van der Waals surface area contributed by atoms with Crippen molar-refractivity contribution in [3.63, 3.8) is 0 Å². The van der Waals surface area contributed by atoms with Crippen LogP contribution in [0.25, 0.3) is 10.9 Å². The second kappa shape index (κ2) is 7.60. The van der Waals surface area contributed by atoms with E-state index in [1.165, 1.54) is 18.9 Å². The van der Waals surface area contributed by atoms with Crippen molar-refractivity contribution in [3.8, 4) is 0 Å². The fraction of sp³-hybridized carbons (Fsp3) is 0.300. The van der Waals surface area contributed by atoms with E-state index < -0.39 is 5.82 Å². The van der Waals surface area contributed by atoms with Gasteiger partial charge < -0.3 is 10.6 Å². The number of fused-ring (bicyclic) bond motifs is 1. The first kappa shape index (κ1) is 18.4. The van der Waals surface area contributed by atoms with Crippen LogP contribution in [0.15, 0.2) is 40.9 Å². The second-order valence-corrected chi connectivity index (χ2v) is 8.17. The number of nitrogens with one attached hydrogen (secondary N) is 2. The number of anilines is 2. The zero-order chi connectivity index (χ0) is 19.0. The Hall–Kier alpha value is -1.92. The van der Waals surface area contributed by atoms with E-state index in [1.807, 2.05) is 18.2 Å². The minimum atomic E-state index is -0.424. The number of para-hydroxylation sites is 1. The van der Waals surface area contributed by atoms with Gasteiger partial charge in [-0.1, -0.05) is 23.7 Å². The quantitative estimate of drug-likeness (QED) is 0.484. The van der Waals surface area contributed by atoms with Gasteiger partial charge in [0.2, 0.25) is 5.95 Å². The first-order chi connectivity index (χ1) is 13.0. The molecule has 1 aliphatic carbocycles. The molecule has 1 aliphatic rings. The van der Waals surface area contributed by atoms with Gasteiger partial charge in [0.05, 0.1) is 10.5 Å². The predicted octanol–water partition coefficient (Wildman–Crippen LogP) is 6.01. The molecule has 0 aliphatic heterocycles. The van der Waals surface area contributed by atoms with E-state index in [1.54, 1.807) is 12.1 Å². The van der Waals surface area contributed by atoms with Crippen LogP contribution in [0.4, 0.5) is 16.2 Å². The molecule has 4 rings (SSSR count). The van der Waals surface area contributed by atoms with Crippen LogP contribution in [0.2, 0.25) is 5.02 Å². The van der Waals surface area contributed by atoms with Crippen molar-refractivity contribution < 1.29 is 4.39 Å². The van der Waals surface area contributed by atoms with E-state index in [2.05, 4.69) is 43.5 Å². The Labute approximate surface area is 170 Å². The maximum Gasteiger partial charge on any atom is 0.225 e. The van der Waals surface area contributed by atoms with Crippen LogP contribution in [-0.4, -0.2) is 16.0 Å². The predicted molar refractivity (Wildman–Crippen MR) is 112 cm³/mol. The summed E-state index contributed by atoms with van der Waals surface area (Å²) < 4.78 is 14.2. The number of benzene rings is 2. The largest absolute Gasteiger partial charge is 0.367 e. The van der Waals surface area contributed by atoms with Crippen molar-refractivity contribution in [1.29, 1.82) is 0 Å². The van der Waals surface area contributed by atoms with Crippen LogP contribution >= 0.6 is 27.5 Å². The fourth-order valence-electron chi connectivity index (χ4n) is 3.07. The maximum atomic E-state index is 13.3. The normalized spacial score (nSPS) is 15.0. The van der Waals surface area contributed by atoms with Crippen LogP contribution in [0, 0.1) is 11.7 Å². The molecule has 1 fully saturated rings. The number of hydrogen-bond acceptors (Lipinski definition) is 4. The summed E-state index contributed by atoms with van der Waals surface area (Å²) in [5, 5.41) is 7.86. The van der Waals surface area contributed by atoms with Gasteiger partial charge in [-0.25, -0.2) is 9.37 Å². The van der Waals surface area contributed by atoms with Gasteiger partial charge in [0.15, 0.2) is 0 Å². The Kier molecular flexibility index (Phi) is 5.19. The van der Waals surface area contributed by atoms with Crippen LogP contribution in [0.3, 0.4) is 0 Å². The number of halogens is 3. The van der Waals surface area contributed by atoms with Crippen molar-refractivity contribution >= 4 is 50.2 Å². The zero-order valence-corrected chi connectivity index (χ0v) is 17.1. The molecule has 1 atom stereocenters. The maximum absolute atomic E-state index is 13.3. The average Bonchev–Trinajstić information content (AvgIpc) is 3.49. The molecular formula is C20H19BrClFN4. The van der Waals surface area contributed by atoms with Gasteiger partial charge in [-0.15, -0.1) is 0 Å². The molecule has 0 saturated heterocycles. The lowest BCUT2D eigenvalue weighted by molar-refractivity contribution is 0.627. The van der Waals surface area contributed by atoms with Crippen LogP contribution < -0.4 is 10.6 Å². The summed E-state index contributed by atoms with van der Waals surface area (Å²) in [4.78, 5) is 9.33. The van der Waals surface area contributed by atoms with Gasteiger partial charge in [0.25, 0.3) is 0 Å². The molecule has 2 aromatic carbocycles. The molecule has 1 saturated carbocycles. The summed E-state index contributed by atoms with van der Waals surface area (Å²) in [7, 11) is 0. The fourth-order valence-corrected chi connectivity index (χ4v) is 3.72. The van der Waals surface area contributed by atoms with Crippen molar-refractivity contribution in [2.45, 2.75) is 32.4 Å². The molecule has 0 unspecified atom stereocenters. The SMILES string of the molecule is C[C@@H](Nc1nc(NCc2ccc(F)c(Cl)c2)nc2c(Br)cccc12)C1CC1. The summed E-state index contributed by atoms with van der Waals surface area (Å²) in [6.45, 7) is 2.64.